The highest BCUT2D eigenvalue weighted by molar-refractivity contribution is 7.33. The van der Waals surface area contributed by atoms with Gasteiger partial charge in [0, 0.05) is 6.42 Å². The molecule has 0 saturated carbocycles. The summed E-state index contributed by atoms with van der Waals surface area (Å²) in [6.45, 7) is 2.49. The van der Waals surface area contributed by atoms with Gasteiger partial charge in [0.05, 0.1) is 19.3 Å². The standard InChI is InChI=1S/C6H12NO3P/c1-2-9-11(8)10-6-4-3-5-7/h11H,2-4,6H2,1H3. The van der Waals surface area contributed by atoms with E-state index in [1.54, 1.807) is 6.92 Å². The summed E-state index contributed by atoms with van der Waals surface area (Å²) in [5, 5.41) is 8.13. The van der Waals surface area contributed by atoms with Crippen molar-refractivity contribution in [3.63, 3.8) is 0 Å². The van der Waals surface area contributed by atoms with Gasteiger partial charge in [-0.2, -0.15) is 5.26 Å². The van der Waals surface area contributed by atoms with Crippen molar-refractivity contribution in [2.75, 3.05) is 13.2 Å². The maximum absolute atomic E-state index is 10.7. The minimum atomic E-state index is -2.28. The zero-order valence-corrected chi connectivity index (χ0v) is 7.50. The van der Waals surface area contributed by atoms with Gasteiger partial charge in [-0.25, -0.2) is 0 Å². The smallest absolute Gasteiger partial charge is 0.311 e. The molecule has 0 aromatic carbocycles. The fourth-order valence-corrected chi connectivity index (χ4v) is 1.10. The highest BCUT2D eigenvalue weighted by Crippen LogP contribution is 2.23. The van der Waals surface area contributed by atoms with Crippen molar-refractivity contribution in [3.05, 3.63) is 0 Å². The number of nitriles is 1. The van der Waals surface area contributed by atoms with Gasteiger partial charge >= 0.3 is 8.25 Å². The van der Waals surface area contributed by atoms with Crippen molar-refractivity contribution >= 4 is 8.25 Å². The van der Waals surface area contributed by atoms with Crippen LogP contribution in [0.1, 0.15) is 19.8 Å². The lowest BCUT2D eigenvalue weighted by Crippen LogP contribution is -1.87. The molecule has 0 aromatic heterocycles. The van der Waals surface area contributed by atoms with Crippen LogP contribution in [0.2, 0.25) is 0 Å². The van der Waals surface area contributed by atoms with Gasteiger partial charge in [0.2, 0.25) is 0 Å². The molecule has 64 valence electrons. The molecule has 0 spiro atoms. The van der Waals surface area contributed by atoms with Crippen molar-refractivity contribution in [1.29, 1.82) is 5.26 Å². The van der Waals surface area contributed by atoms with E-state index in [1.807, 2.05) is 6.07 Å². The van der Waals surface area contributed by atoms with E-state index in [4.69, 9.17) is 9.79 Å². The maximum Gasteiger partial charge on any atom is 0.319 e. The SMILES string of the molecule is CCO[PH](=O)OCCCC#N. The first kappa shape index (κ1) is 10.6. The fourth-order valence-electron chi connectivity index (χ4n) is 0.466. The summed E-state index contributed by atoms with van der Waals surface area (Å²) in [6.07, 6.45) is 1.04. The summed E-state index contributed by atoms with van der Waals surface area (Å²) in [6, 6.07) is 1.96. The van der Waals surface area contributed by atoms with Gasteiger partial charge in [-0.15, -0.1) is 0 Å². The third-order valence-electron chi connectivity index (χ3n) is 0.915. The second kappa shape index (κ2) is 7.74. The predicted octanol–water partition coefficient (Wildman–Crippen LogP) is 1.73. The molecule has 0 aliphatic heterocycles. The average Bonchev–Trinajstić information content (AvgIpc) is 1.99. The Bertz CT molecular complexity index is 154. The van der Waals surface area contributed by atoms with Crippen molar-refractivity contribution in [2.24, 2.45) is 0 Å². The Hall–Kier alpha value is -0.360. The molecule has 5 heteroatoms. The van der Waals surface area contributed by atoms with Crippen LogP contribution < -0.4 is 0 Å². The largest absolute Gasteiger partial charge is 0.319 e. The van der Waals surface area contributed by atoms with Crippen LogP contribution in [0.4, 0.5) is 0 Å². The molecular weight excluding hydrogens is 165 g/mol. The summed E-state index contributed by atoms with van der Waals surface area (Å²) in [4.78, 5) is 0. The van der Waals surface area contributed by atoms with Crippen molar-refractivity contribution in [1.82, 2.24) is 0 Å². The van der Waals surface area contributed by atoms with Crippen LogP contribution in [0.15, 0.2) is 0 Å². The van der Waals surface area contributed by atoms with Crippen LogP contribution in [0.5, 0.6) is 0 Å². The van der Waals surface area contributed by atoms with Gasteiger partial charge in [-0.3, -0.25) is 4.57 Å². The zero-order valence-electron chi connectivity index (χ0n) is 6.50. The molecule has 11 heavy (non-hydrogen) atoms. The molecule has 4 nitrogen and oxygen atoms in total. The van der Waals surface area contributed by atoms with Crippen LogP contribution in [0.25, 0.3) is 0 Å². The topological polar surface area (TPSA) is 59.3 Å². The first-order chi connectivity index (χ1) is 5.31. The second-order valence-corrected chi connectivity index (χ2v) is 2.87. The number of hydrogen-bond donors (Lipinski definition) is 0. The summed E-state index contributed by atoms with van der Waals surface area (Å²) >= 11 is 0. The van der Waals surface area contributed by atoms with E-state index in [1.165, 1.54) is 0 Å². The van der Waals surface area contributed by atoms with Gasteiger partial charge < -0.3 is 9.05 Å². The molecule has 1 unspecified atom stereocenters. The molecule has 0 heterocycles. The summed E-state index contributed by atoms with van der Waals surface area (Å²) in [5.41, 5.74) is 0. The van der Waals surface area contributed by atoms with Gasteiger partial charge in [-0.1, -0.05) is 0 Å². The van der Waals surface area contributed by atoms with Gasteiger partial charge in [-0.05, 0) is 13.3 Å². The van der Waals surface area contributed by atoms with E-state index >= 15 is 0 Å². The molecule has 0 fully saturated rings. The molecule has 0 N–H and O–H groups in total. The third kappa shape index (κ3) is 7.54. The molecular formula is C6H12NO3P. The number of hydrogen-bond acceptors (Lipinski definition) is 4. The average molecular weight is 177 g/mol. The number of unbranched alkanes of at least 4 members (excludes halogenated alkanes) is 1. The summed E-state index contributed by atoms with van der Waals surface area (Å²) < 4.78 is 20.1. The zero-order chi connectivity index (χ0) is 8.53. The summed E-state index contributed by atoms with van der Waals surface area (Å²) in [7, 11) is -2.28. The second-order valence-electron chi connectivity index (χ2n) is 1.79. The van der Waals surface area contributed by atoms with E-state index in [0.29, 0.717) is 26.1 Å². The molecule has 0 radical (unpaired) electrons. The van der Waals surface area contributed by atoms with Crippen molar-refractivity contribution < 1.29 is 13.6 Å². The Balaban J connectivity index is 3.12. The Labute approximate surface area is 67.1 Å². The predicted molar refractivity (Wildman–Crippen MR) is 41.4 cm³/mol. The number of rotatable bonds is 6. The first-order valence-electron chi connectivity index (χ1n) is 3.47. The van der Waals surface area contributed by atoms with E-state index in [-0.39, 0.29) is 0 Å². The normalized spacial score (nSPS) is 12.4. The van der Waals surface area contributed by atoms with Crippen LogP contribution >= 0.6 is 8.25 Å². The minimum absolute atomic E-state index is 0.339. The third-order valence-corrected chi connectivity index (χ3v) is 1.88. The molecule has 0 aliphatic rings. The van der Waals surface area contributed by atoms with E-state index in [2.05, 4.69) is 4.52 Å². The van der Waals surface area contributed by atoms with Gasteiger partial charge in [0.1, 0.15) is 0 Å². The van der Waals surface area contributed by atoms with Crippen molar-refractivity contribution in [2.45, 2.75) is 19.8 Å². The summed E-state index contributed by atoms with van der Waals surface area (Å²) in [5.74, 6) is 0. The molecule has 0 aromatic rings. The Morgan fingerprint density at radius 2 is 2.27 bits per heavy atom. The van der Waals surface area contributed by atoms with Gasteiger partial charge in [0.15, 0.2) is 0 Å². The maximum atomic E-state index is 10.7. The lowest BCUT2D eigenvalue weighted by Gasteiger charge is -2.00. The van der Waals surface area contributed by atoms with Crippen LogP contribution in [0.3, 0.4) is 0 Å². The Morgan fingerprint density at radius 1 is 1.55 bits per heavy atom. The number of nitrogens with zero attached hydrogens (tertiary/aromatic N) is 1. The molecule has 1 atom stereocenters. The van der Waals surface area contributed by atoms with E-state index < -0.39 is 8.25 Å². The molecule has 0 aliphatic carbocycles. The highest BCUT2D eigenvalue weighted by Gasteiger charge is 1.95. The lowest BCUT2D eigenvalue weighted by molar-refractivity contribution is 0.232. The molecule has 0 saturated heterocycles. The van der Waals surface area contributed by atoms with Gasteiger partial charge in [0.25, 0.3) is 0 Å². The quantitative estimate of drug-likeness (QED) is 0.458. The van der Waals surface area contributed by atoms with E-state index in [9.17, 15) is 4.57 Å². The Kier molecular flexibility index (Phi) is 7.49. The van der Waals surface area contributed by atoms with Crippen molar-refractivity contribution in [3.8, 4) is 6.07 Å². The Morgan fingerprint density at radius 3 is 2.82 bits per heavy atom. The molecule has 0 bridgehead atoms. The van der Waals surface area contributed by atoms with Crippen LogP contribution in [-0.2, 0) is 13.6 Å². The van der Waals surface area contributed by atoms with E-state index in [0.717, 1.165) is 0 Å². The monoisotopic (exact) mass is 177 g/mol. The van der Waals surface area contributed by atoms with Crippen LogP contribution in [-0.4, -0.2) is 13.2 Å². The molecule has 0 amide bonds. The molecule has 0 rings (SSSR count). The fraction of sp³-hybridized carbons (Fsp3) is 0.833. The lowest BCUT2D eigenvalue weighted by atomic mass is 10.4. The highest BCUT2D eigenvalue weighted by atomic mass is 31.1. The minimum Gasteiger partial charge on any atom is -0.311 e. The first-order valence-corrected chi connectivity index (χ1v) is 4.70. The van der Waals surface area contributed by atoms with Crippen LogP contribution in [0, 0.1) is 11.3 Å².